The molecule has 1 saturated heterocycles. The van der Waals surface area contributed by atoms with Crippen LogP contribution in [0.4, 0.5) is 4.79 Å². The van der Waals surface area contributed by atoms with Gasteiger partial charge in [0.15, 0.2) is 0 Å². The van der Waals surface area contributed by atoms with Gasteiger partial charge in [-0.2, -0.15) is 0 Å². The third-order valence-corrected chi connectivity index (χ3v) is 6.09. The van der Waals surface area contributed by atoms with Crippen LogP contribution >= 0.6 is 0 Å². The number of hydrogen-bond acceptors (Lipinski definition) is 4. The maximum Gasteiger partial charge on any atom is 0.410 e. The molecule has 3 aliphatic rings. The van der Waals surface area contributed by atoms with Gasteiger partial charge in [0.05, 0.1) is 0 Å². The first-order valence-electron chi connectivity index (χ1n) is 9.81. The Hall–Kier alpha value is -0.810. The van der Waals surface area contributed by atoms with Gasteiger partial charge in [-0.1, -0.05) is 12.8 Å². The van der Waals surface area contributed by atoms with Crippen LogP contribution in [0, 0.1) is 11.8 Å². The van der Waals surface area contributed by atoms with E-state index in [-0.39, 0.29) is 6.09 Å². The predicted molar refractivity (Wildman–Crippen MR) is 95.8 cm³/mol. The molecule has 3 fully saturated rings. The summed E-state index contributed by atoms with van der Waals surface area (Å²) in [6, 6.07) is 1.07. The van der Waals surface area contributed by atoms with Gasteiger partial charge in [0.25, 0.3) is 0 Å². The Balaban J connectivity index is 1.55. The summed E-state index contributed by atoms with van der Waals surface area (Å²) in [5.74, 6) is 1.66. The largest absolute Gasteiger partial charge is 0.444 e. The van der Waals surface area contributed by atoms with Crippen molar-refractivity contribution in [2.75, 3.05) is 26.2 Å². The van der Waals surface area contributed by atoms with Crippen molar-refractivity contribution in [3.63, 3.8) is 0 Å². The summed E-state index contributed by atoms with van der Waals surface area (Å²) in [5.41, 5.74) is 5.85. The van der Waals surface area contributed by atoms with Crippen LogP contribution in [0.5, 0.6) is 0 Å². The lowest BCUT2D eigenvalue weighted by atomic mass is 9.66. The smallest absolute Gasteiger partial charge is 0.410 e. The Bertz CT molecular complexity index is 440. The van der Waals surface area contributed by atoms with Gasteiger partial charge in [0.2, 0.25) is 0 Å². The second-order valence-corrected chi connectivity index (χ2v) is 9.00. The Labute approximate surface area is 146 Å². The van der Waals surface area contributed by atoms with E-state index in [1.54, 1.807) is 0 Å². The Kier molecular flexibility index (Phi) is 5.40. The molecule has 3 unspecified atom stereocenters. The molecule has 138 valence electrons. The van der Waals surface area contributed by atoms with Crippen LogP contribution in [0.15, 0.2) is 0 Å². The van der Waals surface area contributed by atoms with Crippen molar-refractivity contribution >= 4 is 6.09 Å². The fourth-order valence-corrected chi connectivity index (χ4v) is 4.95. The SMILES string of the molecule is CC(C)(C)OC(=O)N1CCN(C2CCCC3CC[C@@H](N)CC32)CC1. The maximum absolute atomic E-state index is 12.2. The molecule has 5 heteroatoms. The van der Waals surface area contributed by atoms with E-state index in [4.69, 9.17) is 10.5 Å². The molecule has 1 amide bonds. The Morgan fingerprint density at radius 2 is 1.75 bits per heavy atom. The van der Waals surface area contributed by atoms with E-state index in [1.807, 2.05) is 25.7 Å². The van der Waals surface area contributed by atoms with E-state index < -0.39 is 5.60 Å². The molecular weight excluding hydrogens is 302 g/mol. The van der Waals surface area contributed by atoms with Gasteiger partial charge >= 0.3 is 6.09 Å². The summed E-state index contributed by atoms with van der Waals surface area (Å²) in [6.45, 7) is 9.30. The van der Waals surface area contributed by atoms with E-state index >= 15 is 0 Å². The molecule has 3 rings (SSSR count). The lowest BCUT2D eigenvalue weighted by molar-refractivity contribution is -0.0105. The normalized spacial score (nSPS) is 35.4. The van der Waals surface area contributed by atoms with Crippen LogP contribution in [0.2, 0.25) is 0 Å². The summed E-state index contributed by atoms with van der Waals surface area (Å²) in [7, 11) is 0. The van der Waals surface area contributed by atoms with Crippen molar-refractivity contribution in [3.8, 4) is 0 Å². The van der Waals surface area contributed by atoms with Crippen molar-refractivity contribution in [3.05, 3.63) is 0 Å². The minimum absolute atomic E-state index is 0.164. The number of fused-ring (bicyclic) bond motifs is 1. The molecule has 0 aromatic heterocycles. The molecule has 0 spiro atoms. The number of amides is 1. The molecule has 4 atom stereocenters. The molecular formula is C19H35N3O2. The molecule has 2 saturated carbocycles. The summed E-state index contributed by atoms with van der Waals surface area (Å²) >= 11 is 0. The molecule has 0 aromatic carbocycles. The summed E-state index contributed by atoms with van der Waals surface area (Å²) in [5, 5.41) is 0. The van der Waals surface area contributed by atoms with E-state index in [0.717, 1.165) is 38.0 Å². The first-order valence-corrected chi connectivity index (χ1v) is 9.81. The predicted octanol–water partition coefficient (Wildman–Crippen LogP) is 2.84. The van der Waals surface area contributed by atoms with Gasteiger partial charge in [-0.05, 0) is 58.3 Å². The molecule has 2 aliphatic carbocycles. The topological polar surface area (TPSA) is 58.8 Å². The van der Waals surface area contributed by atoms with Crippen LogP contribution in [-0.2, 0) is 4.74 Å². The van der Waals surface area contributed by atoms with Gasteiger partial charge < -0.3 is 15.4 Å². The zero-order chi connectivity index (χ0) is 17.3. The number of ether oxygens (including phenoxy) is 1. The number of carbonyl (C=O) groups excluding carboxylic acids is 1. The monoisotopic (exact) mass is 337 g/mol. The summed E-state index contributed by atoms with van der Waals surface area (Å²) in [6.07, 6.45) is 7.62. The average Bonchev–Trinajstić information content (AvgIpc) is 2.53. The third kappa shape index (κ3) is 4.23. The van der Waals surface area contributed by atoms with Crippen molar-refractivity contribution in [1.82, 2.24) is 9.80 Å². The van der Waals surface area contributed by atoms with E-state index in [1.165, 1.54) is 38.5 Å². The van der Waals surface area contributed by atoms with Gasteiger partial charge in [0.1, 0.15) is 5.60 Å². The van der Waals surface area contributed by atoms with E-state index in [2.05, 4.69) is 4.90 Å². The van der Waals surface area contributed by atoms with Crippen LogP contribution in [0.1, 0.15) is 59.3 Å². The van der Waals surface area contributed by atoms with Crippen LogP contribution in [-0.4, -0.2) is 59.8 Å². The highest BCUT2D eigenvalue weighted by atomic mass is 16.6. The van der Waals surface area contributed by atoms with Gasteiger partial charge in [-0.3, -0.25) is 4.90 Å². The number of carbonyl (C=O) groups is 1. The lowest BCUT2D eigenvalue weighted by Gasteiger charge is -2.49. The quantitative estimate of drug-likeness (QED) is 0.799. The second kappa shape index (κ2) is 7.20. The Morgan fingerprint density at radius 1 is 1.04 bits per heavy atom. The first kappa shape index (κ1) is 18.0. The number of nitrogens with two attached hydrogens (primary N) is 1. The van der Waals surface area contributed by atoms with Crippen molar-refractivity contribution in [2.24, 2.45) is 17.6 Å². The highest BCUT2D eigenvalue weighted by Gasteiger charge is 2.40. The molecule has 24 heavy (non-hydrogen) atoms. The molecule has 0 radical (unpaired) electrons. The fourth-order valence-electron chi connectivity index (χ4n) is 4.95. The van der Waals surface area contributed by atoms with Crippen molar-refractivity contribution in [1.29, 1.82) is 0 Å². The highest BCUT2D eigenvalue weighted by molar-refractivity contribution is 5.68. The van der Waals surface area contributed by atoms with Crippen molar-refractivity contribution in [2.45, 2.75) is 77.0 Å². The van der Waals surface area contributed by atoms with Gasteiger partial charge in [-0.25, -0.2) is 4.79 Å². The average molecular weight is 338 g/mol. The summed E-state index contributed by atoms with van der Waals surface area (Å²) in [4.78, 5) is 16.7. The number of nitrogens with zero attached hydrogens (tertiary/aromatic N) is 2. The fraction of sp³-hybridized carbons (Fsp3) is 0.947. The molecule has 1 aliphatic heterocycles. The second-order valence-electron chi connectivity index (χ2n) is 9.00. The maximum atomic E-state index is 12.2. The minimum Gasteiger partial charge on any atom is -0.444 e. The van der Waals surface area contributed by atoms with Gasteiger partial charge in [0, 0.05) is 38.3 Å². The molecule has 2 N–H and O–H groups in total. The lowest BCUT2D eigenvalue weighted by Crippen LogP contribution is -2.57. The van der Waals surface area contributed by atoms with Crippen LogP contribution < -0.4 is 5.73 Å². The van der Waals surface area contributed by atoms with Crippen LogP contribution in [0.25, 0.3) is 0 Å². The van der Waals surface area contributed by atoms with Gasteiger partial charge in [-0.15, -0.1) is 0 Å². The zero-order valence-electron chi connectivity index (χ0n) is 15.7. The zero-order valence-corrected chi connectivity index (χ0v) is 15.7. The molecule has 0 bridgehead atoms. The molecule has 1 heterocycles. The van der Waals surface area contributed by atoms with Crippen LogP contribution in [0.3, 0.4) is 0 Å². The number of hydrogen-bond donors (Lipinski definition) is 1. The van der Waals surface area contributed by atoms with Crippen molar-refractivity contribution < 1.29 is 9.53 Å². The number of rotatable bonds is 1. The number of piperazine rings is 1. The standard InChI is InChI=1S/C19H35N3O2/c1-19(2,3)24-18(23)22-11-9-21(10-12-22)17-6-4-5-14-7-8-15(20)13-16(14)17/h14-17H,4-13,20H2,1-3H3/t14?,15-,16?,17?/m1/s1. The Morgan fingerprint density at radius 3 is 2.42 bits per heavy atom. The third-order valence-electron chi connectivity index (χ3n) is 6.09. The first-order chi connectivity index (χ1) is 11.3. The van der Waals surface area contributed by atoms with E-state index in [0.29, 0.717) is 12.1 Å². The molecule has 5 nitrogen and oxygen atoms in total. The minimum atomic E-state index is -0.414. The molecule has 0 aromatic rings. The highest BCUT2D eigenvalue weighted by Crippen LogP contribution is 2.42. The summed E-state index contributed by atoms with van der Waals surface area (Å²) < 4.78 is 5.51. The van der Waals surface area contributed by atoms with E-state index in [9.17, 15) is 4.79 Å².